The Morgan fingerprint density at radius 2 is 1.88 bits per heavy atom. The van der Waals surface area contributed by atoms with E-state index in [9.17, 15) is 4.79 Å². The van der Waals surface area contributed by atoms with Gasteiger partial charge in [-0.15, -0.1) is 0 Å². The van der Waals surface area contributed by atoms with E-state index in [4.69, 9.17) is 0 Å². The predicted molar refractivity (Wildman–Crippen MR) is 106 cm³/mol. The lowest BCUT2D eigenvalue weighted by molar-refractivity contribution is -0.131. The van der Waals surface area contributed by atoms with Gasteiger partial charge in [0.15, 0.2) is 0 Å². The summed E-state index contributed by atoms with van der Waals surface area (Å²) in [4.78, 5) is 19.0. The quantitative estimate of drug-likeness (QED) is 0.799. The first-order valence-electron chi connectivity index (χ1n) is 9.31. The van der Waals surface area contributed by atoms with Crippen molar-refractivity contribution in [3.8, 4) is 0 Å². The SMILES string of the molecule is CN(Cc1ccc(N(C)C)cc1)C(=O)CN1CCC[C@@H]1c1cccn1C. The Morgan fingerprint density at radius 3 is 2.50 bits per heavy atom. The normalized spacial score (nSPS) is 17.5. The number of benzene rings is 1. The van der Waals surface area contributed by atoms with Crippen LogP contribution in [0.15, 0.2) is 42.6 Å². The van der Waals surface area contributed by atoms with Crippen molar-refractivity contribution >= 4 is 11.6 Å². The first kappa shape index (κ1) is 18.5. The standard InChI is InChI=1S/C21H30N4O/c1-22(2)18-11-9-17(10-12-18)15-24(4)21(26)16-25-14-6-8-20(25)19-7-5-13-23(19)3/h5,7,9-13,20H,6,8,14-16H2,1-4H3/t20-/m1/s1. The molecule has 5 nitrogen and oxygen atoms in total. The zero-order chi connectivity index (χ0) is 18.7. The second kappa shape index (κ2) is 7.96. The fourth-order valence-corrected chi connectivity index (χ4v) is 3.73. The fraction of sp³-hybridized carbons (Fsp3) is 0.476. The van der Waals surface area contributed by atoms with Crippen molar-refractivity contribution in [1.82, 2.24) is 14.4 Å². The zero-order valence-corrected chi connectivity index (χ0v) is 16.4. The van der Waals surface area contributed by atoms with Crippen LogP contribution in [0, 0.1) is 0 Å². The van der Waals surface area contributed by atoms with E-state index in [1.165, 1.54) is 11.4 Å². The van der Waals surface area contributed by atoms with Crippen LogP contribution < -0.4 is 4.90 Å². The number of rotatable bonds is 6. The molecule has 1 saturated heterocycles. The molecular weight excluding hydrogens is 324 g/mol. The van der Waals surface area contributed by atoms with E-state index in [-0.39, 0.29) is 5.91 Å². The Labute approximate surface area is 156 Å². The number of carbonyl (C=O) groups is 1. The number of hydrogen-bond acceptors (Lipinski definition) is 3. The topological polar surface area (TPSA) is 31.7 Å². The lowest BCUT2D eigenvalue weighted by Gasteiger charge is -2.27. The molecule has 1 fully saturated rings. The van der Waals surface area contributed by atoms with Gasteiger partial charge in [-0.1, -0.05) is 12.1 Å². The van der Waals surface area contributed by atoms with E-state index in [0.717, 1.165) is 24.9 Å². The number of nitrogens with zero attached hydrogens (tertiary/aromatic N) is 4. The molecule has 0 spiro atoms. The molecule has 0 unspecified atom stereocenters. The summed E-state index contributed by atoms with van der Waals surface area (Å²) < 4.78 is 2.17. The largest absolute Gasteiger partial charge is 0.378 e. The van der Waals surface area contributed by atoms with Crippen LogP contribution in [0.2, 0.25) is 0 Å². The Balaban J connectivity index is 1.59. The van der Waals surface area contributed by atoms with Crippen molar-refractivity contribution in [2.24, 2.45) is 7.05 Å². The number of aromatic nitrogens is 1. The molecule has 1 atom stereocenters. The number of likely N-dealkylation sites (tertiary alicyclic amines) is 1. The number of likely N-dealkylation sites (N-methyl/N-ethyl adjacent to an activating group) is 1. The van der Waals surface area contributed by atoms with Gasteiger partial charge in [0.05, 0.1) is 12.6 Å². The summed E-state index contributed by atoms with van der Waals surface area (Å²) in [5.41, 5.74) is 3.63. The first-order chi connectivity index (χ1) is 12.5. The van der Waals surface area contributed by atoms with Gasteiger partial charge in [0.25, 0.3) is 0 Å². The van der Waals surface area contributed by atoms with Gasteiger partial charge < -0.3 is 14.4 Å². The Kier molecular flexibility index (Phi) is 5.67. The number of amides is 1. The van der Waals surface area contributed by atoms with E-state index in [0.29, 0.717) is 19.1 Å². The van der Waals surface area contributed by atoms with Gasteiger partial charge in [0.1, 0.15) is 0 Å². The highest BCUT2D eigenvalue weighted by Crippen LogP contribution is 2.31. The Morgan fingerprint density at radius 1 is 1.15 bits per heavy atom. The molecule has 5 heteroatoms. The molecule has 0 bridgehead atoms. The van der Waals surface area contributed by atoms with Crippen LogP contribution in [0.3, 0.4) is 0 Å². The summed E-state index contributed by atoms with van der Waals surface area (Å²) in [5.74, 6) is 0.183. The molecule has 0 N–H and O–H groups in total. The summed E-state index contributed by atoms with van der Waals surface area (Å²) in [6, 6.07) is 13.0. The number of hydrogen-bond donors (Lipinski definition) is 0. The highest BCUT2D eigenvalue weighted by Gasteiger charge is 2.29. The molecule has 1 aromatic heterocycles. The van der Waals surface area contributed by atoms with Crippen LogP contribution in [0.5, 0.6) is 0 Å². The van der Waals surface area contributed by atoms with Crippen LogP contribution in [-0.2, 0) is 18.4 Å². The molecule has 3 rings (SSSR count). The molecule has 1 aliphatic rings. The molecule has 0 saturated carbocycles. The summed E-state index contributed by atoms with van der Waals surface area (Å²) in [5, 5.41) is 0. The highest BCUT2D eigenvalue weighted by molar-refractivity contribution is 5.78. The van der Waals surface area contributed by atoms with E-state index >= 15 is 0 Å². The number of carbonyl (C=O) groups excluding carboxylic acids is 1. The number of anilines is 1. The van der Waals surface area contributed by atoms with E-state index in [1.807, 2.05) is 26.0 Å². The summed E-state index contributed by atoms with van der Waals surface area (Å²) in [6.07, 6.45) is 4.36. The van der Waals surface area contributed by atoms with Crippen molar-refractivity contribution in [3.63, 3.8) is 0 Å². The minimum Gasteiger partial charge on any atom is -0.378 e. The minimum atomic E-state index is 0.183. The Hall–Kier alpha value is -2.27. The van der Waals surface area contributed by atoms with Gasteiger partial charge in [-0.05, 0) is 49.2 Å². The van der Waals surface area contributed by atoms with Crippen molar-refractivity contribution in [3.05, 3.63) is 53.9 Å². The van der Waals surface area contributed by atoms with Gasteiger partial charge >= 0.3 is 0 Å². The molecule has 1 aromatic carbocycles. The monoisotopic (exact) mass is 354 g/mol. The second-order valence-electron chi connectivity index (χ2n) is 7.48. The van der Waals surface area contributed by atoms with Crippen molar-refractivity contribution in [2.75, 3.05) is 39.1 Å². The second-order valence-corrected chi connectivity index (χ2v) is 7.48. The van der Waals surface area contributed by atoms with Crippen LogP contribution in [-0.4, -0.2) is 54.5 Å². The van der Waals surface area contributed by atoms with Gasteiger partial charge in [0.2, 0.25) is 5.91 Å². The average molecular weight is 354 g/mol. The average Bonchev–Trinajstić information content (AvgIpc) is 3.23. The van der Waals surface area contributed by atoms with Crippen LogP contribution >= 0.6 is 0 Å². The third-order valence-electron chi connectivity index (χ3n) is 5.33. The number of aryl methyl sites for hydroxylation is 1. The third kappa shape index (κ3) is 4.10. The fourth-order valence-electron chi connectivity index (χ4n) is 3.73. The highest BCUT2D eigenvalue weighted by atomic mass is 16.2. The molecule has 140 valence electrons. The molecule has 0 radical (unpaired) electrons. The lowest BCUT2D eigenvalue weighted by Crippen LogP contribution is -2.38. The molecule has 2 heterocycles. The van der Waals surface area contributed by atoms with Crippen molar-refractivity contribution < 1.29 is 4.79 Å². The maximum absolute atomic E-state index is 12.7. The summed E-state index contributed by atoms with van der Waals surface area (Å²) in [6.45, 7) is 2.13. The van der Waals surface area contributed by atoms with Crippen molar-refractivity contribution in [2.45, 2.75) is 25.4 Å². The minimum absolute atomic E-state index is 0.183. The van der Waals surface area contributed by atoms with E-state index < -0.39 is 0 Å². The lowest BCUT2D eigenvalue weighted by atomic mass is 10.1. The van der Waals surface area contributed by atoms with Crippen LogP contribution in [0.1, 0.15) is 30.1 Å². The molecule has 1 amide bonds. The van der Waals surface area contributed by atoms with E-state index in [2.05, 4.69) is 64.0 Å². The third-order valence-corrected chi connectivity index (χ3v) is 5.33. The summed E-state index contributed by atoms with van der Waals surface area (Å²) >= 11 is 0. The smallest absolute Gasteiger partial charge is 0.236 e. The van der Waals surface area contributed by atoms with Gasteiger partial charge in [0, 0.05) is 52.3 Å². The van der Waals surface area contributed by atoms with Crippen LogP contribution in [0.25, 0.3) is 0 Å². The molecule has 2 aromatic rings. The van der Waals surface area contributed by atoms with Crippen LogP contribution in [0.4, 0.5) is 5.69 Å². The predicted octanol–water partition coefficient (Wildman–Crippen LogP) is 2.89. The summed E-state index contributed by atoms with van der Waals surface area (Å²) in [7, 11) is 8.04. The van der Waals surface area contributed by atoms with Gasteiger partial charge in [-0.3, -0.25) is 9.69 Å². The Bertz CT molecular complexity index is 735. The molecule has 1 aliphatic heterocycles. The van der Waals surface area contributed by atoms with E-state index in [1.54, 1.807) is 0 Å². The van der Waals surface area contributed by atoms with Crippen molar-refractivity contribution in [1.29, 1.82) is 0 Å². The zero-order valence-electron chi connectivity index (χ0n) is 16.4. The van der Waals surface area contributed by atoms with Gasteiger partial charge in [-0.25, -0.2) is 0 Å². The maximum Gasteiger partial charge on any atom is 0.236 e. The molecule has 26 heavy (non-hydrogen) atoms. The maximum atomic E-state index is 12.7. The molecule has 0 aliphatic carbocycles. The molecular formula is C21H30N4O. The van der Waals surface area contributed by atoms with Gasteiger partial charge in [-0.2, -0.15) is 0 Å². The first-order valence-corrected chi connectivity index (χ1v) is 9.31.